The molecule has 3 atom stereocenters. The van der Waals surface area contributed by atoms with Gasteiger partial charge in [-0.2, -0.15) is 11.8 Å². The Balaban J connectivity index is 1.78. The molecule has 3 aliphatic rings. The molecule has 9 heteroatoms. The normalized spacial score (nSPS) is 23.4. The monoisotopic (exact) mass is 487 g/mol. The number of ether oxygens (including phenoxy) is 4. The van der Waals surface area contributed by atoms with Crippen molar-refractivity contribution in [1.29, 1.82) is 0 Å². The molecule has 8 nitrogen and oxygen atoms in total. The first kappa shape index (κ1) is 24.2. The number of esters is 2. The summed E-state index contributed by atoms with van der Waals surface area (Å²) in [7, 11) is 1.28. The summed E-state index contributed by atoms with van der Waals surface area (Å²) in [5.41, 5.74) is 2.79. The van der Waals surface area contributed by atoms with E-state index in [9.17, 15) is 14.4 Å². The Kier molecular flexibility index (Phi) is 7.21. The molecular weight excluding hydrogens is 458 g/mol. The van der Waals surface area contributed by atoms with Crippen molar-refractivity contribution in [3.05, 3.63) is 46.3 Å². The lowest BCUT2D eigenvalue weighted by Crippen LogP contribution is -2.43. The number of Topliss-reactive ketones (excluding diaryl/α,β-unsaturated/α-hetero) is 1. The summed E-state index contributed by atoms with van der Waals surface area (Å²) in [6, 6.07) is 5.37. The number of benzene rings is 1. The third-order valence-electron chi connectivity index (χ3n) is 6.36. The van der Waals surface area contributed by atoms with Crippen LogP contribution in [0.15, 0.2) is 40.7 Å². The molecule has 0 saturated heterocycles. The number of allylic oxidation sites excluding steroid dienone is 3. The minimum atomic E-state index is -0.932. The lowest BCUT2D eigenvalue weighted by atomic mass is 9.69. The molecule has 2 aliphatic heterocycles. The van der Waals surface area contributed by atoms with Gasteiger partial charge in [0.25, 0.3) is 0 Å². The van der Waals surface area contributed by atoms with Crippen LogP contribution < -0.4 is 14.8 Å². The van der Waals surface area contributed by atoms with Gasteiger partial charge < -0.3 is 24.3 Å². The van der Waals surface area contributed by atoms with Gasteiger partial charge in [0.05, 0.1) is 12.7 Å². The first-order valence-electron chi connectivity index (χ1n) is 11.3. The van der Waals surface area contributed by atoms with Gasteiger partial charge in [-0.1, -0.05) is 19.9 Å². The van der Waals surface area contributed by atoms with Gasteiger partial charge in [0, 0.05) is 28.6 Å². The fourth-order valence-corrected chi connectivity index (χ4v) is 5.28. The van der Waals surface area contributed by atoms with Crippen molar-refractivity contribution in [2.45, 2.75) is 33.1 Å². The van der Waals surface area contributed by atoms with Gasteiger partial charge in [0.1, 0.15) is 12.5 Å². The number of hydrogen-bond donors (Lipinski definition) is 1. The molecule has 0 amide bonds. The van der Waals surface area contributed by atoms with Gasteiger partial charge >= 0.3 is 11.9 Å². The van der Waals surface area contributed by atoms with Gasteiger partial charge in [-0.25, -0.2) is 4.79 Å². The van der Waals surface area contributed by atoms with Gasteiger partial charge in [0.2, 0.25) is 6.79 Å². The van der Waals surface area contributed by atoms with Crippen LogP contribution in [0.25, 0.3) is 0 Å². The number of methoxy groups -OCH3 is 1. The number of carbonyl (C=O) groups is 3. The molecule has 2 heterocycles. The maximum atomic E-state index is 13.7. The molecule has 0 fully saturated rings. The summed E-state index contributed by atoms with van der Waals surface area (Å²) in [5.74, 6) is -0.510. The van der Waals surface area contributed by atoms with Crippen molar-refractivity contribution in [3.63, 3.8) is 0 Å². The van der Waals surface area contributed by atoms with E-state index in [4.69, 9.17) is 18.9 Å². The molecular formula is C25H29NO7S. The van der Waals surface area contributed by atoms with Crippen molar-refractivity contribution in [3.8, 4) is 11.5 Å². The topological polar surface area (TPSA) is 100 Å². The van der Waals surface area contributed by atoms with Gasteiger partial charge in [0.15, 0.2) is 17.3 Å². The van der Waals surface area contributed by atoms with E-state index >= 15 is 0 Å². The Bertz CT molecular complexity index is 1080. The standard InChI is InChI=1S/C25H29NO7S/c1-5-34-9-8-31-25(29)20-14(3)26-16-10-13(2)19(24(28)30-4)23(27)22(16)21(20)15-6-7-17-18(11-15)33-12-32-17/h6-7,11,13,19,21,26H,5,8-10,12H2,1-4H3/t13-,19+,21+/m0/s1. The van der Waals surface area contributed by atoms with E-state index in [1.807, 2.05) is 26.8 Å². The molecule has 0 saturated carbocycles. The second-order valence-corrected chi connectivity index (χ2v) is 9.87. The molecule has 4 rings (SSSR count). The maximum absolute atomic E-state index is 13.7. The molecule has 0 spiro atoms. The molecule has 34 heavy (non-hydrogen) atoms. The number of ketones is 1. The Morgan fingerprint density at radius 3 is 2.74 bits per heavy atom. The van der Waals surface area contributed by atoms with E-state index in [-0.39, 0.29) is 25.1 Å². The fourth-order valence-electron chi connectivity index (χ4n) is 4.79. The predicted molar refractivity (Wildman–Crippen MR) is 126 cm³/mol. The van der Waals surface area contributed by atoms with Crippen LogP contribution in [0, 0.1) is 11.8 Å². The molecule has 1 aromatic carbocycles. The van der Waals surface area contributed by atoms with Crippen LogP contribution in [-0.2, 0) is 23.9 Å². The Hall–Kier alpha value is -2.94. The first-order chi connectivity index (χ1) is 16.4. The maximum Gasteiger partial charge on any atom is 0.336 e. The average molecular weight is 488 g/mol. The third kappa shape index (κ3) is 4.41. The number of hydrogen-bond acceptors (Lipinski definition) is 9. The van der Waals surface area contributed by atoms with Crippen molar-refractivity contribution in [2.24, 2.45) is 11.8 Å². The highest BCUT2D eigenvalue weighted by atomic mass is 32.2. The highest BCUT2D eigenvalue weighted by molar-refractivity contribution is 7.99. The Labute approximate surface area is 203 Å². The number of nitrogens with one attached hydrogen (secondary N) is 1. The van der Waals surface area contributed by atoms with Crippen molar-refractivity contribution in [2.75, 3.05) is 32.0 Å². The predicted octanol–water partition coefficient (Wildman–Crippen LogP) is 3.32. The van der Waals surface area contributed by atoms with Crippen LogP contribution >= 0.6 is 11.8 Å². The van der Waals surface area contributed by atoms with Crippen molar-refractivity contribution >= 4 is 29.5 Å². The second kappa shape index (κ2) is 10.1. The summed E-state index contributed by atoms with van der Waals surface area (Å²) in [6.07, 6.45) is 0.481. The summed E-state index contributed by atoms with van der Waals surface area (Å²) < 4.78 is 21.5. The zero-order valence-electron chi connectivity index (χ0n) is 19.8. The average Bonchev–Trinajstić information content (AvgIpc) is 3.28. The lowest BCUT2D eigenvalue weighted by Gasteiger charge is -2.38. The Morgan fingerprint density at radius 1 is 1.24 bits per heavy atom. The molecule has 0 radical (unpaired) electrons. The number of carbonyl (C=O) groups excluding carboxylic acids is 3. The molecule has 182 valence electrons. The van der Waals surface area contributed by atoms with E-state index in [0.29, 0.717) is 46.1 Å². The molecule has 1 aromatic rings. The molecule has 1 N–H and O–H groups in total. The number of dihydropyridines is 1. The van der Waals surface area contributed by atoms with E-state index in [2.05, 4.69) is 5.32 Å². The van der Waals surface area contributed by atoms with Gasteiger partial charge in [-0.3, -0.25) is 9.59 Å². The zero-order chi connectivity index (χ0) is 24.4. The van der Waals surface area contributed by atoms with Crippen LogP contribution in [0.5, 0.6) is 11.5 Å². The molecule has 1 aliphatic carbocycles. The molecule has 0 unspecified atom stereocenters. The summed E-state index contributed by atoms with van der Waals surface area (Å²) in [4.78, 5) is 39.5. The highest BCUT2D eigenvalue weighted by Gasteiger charge is 2.47. The number of rotatable bonds is 7. The van der Waals surface area contributed by atoms with Crippen LogP contribution in [0.2, 0.25) is 0 Å². The minimum Gasteiger partial charge on any atom is -0.468 e. The quantitative estimate of drug-likeness (QED) is 0.353. The van der Waals surface area contributed by atoms with E-state index < -0.39 is 23.8 Å². The minimum absolute atomic E-state index is 0.110. The fraction of sp³-hybridized carbons (Fsp3) is 0.480. The summed E-state index contributed by atoms with van der Waals surface area (Å²) in [6.45, 7) is 6.08. The highest BCUT2D eigenvalue weighted by Crippen LogP contribution is 2.47. The molecule has 0 bridgehead atoms. The number of fused-ring (bicyclic) bond motifs is 1. The van der Waals surface area contributed by atoms with E-state index in [0.717, 1.165) is 11.4 Å². The smallest absolute Gasteiger partial charge is 0.336 e. The van der Waals surface area contributed by atoms with Crippen LogP contribution in [0.3, 0.4) is 0 Å². The van der Waals surface area contributed by atoms with Crippen LogP contribution in [-0.4, -0.2) is 49.7 Å². The van der Waals surface area contributed by atoms with Crippen LogP contribution in [0.1, 0.15) is 38.7 Å². The second-order valence-electron chi connectivity index (χ2n) is 8.48. The first-order valence-corrected chi connectivity index (χ1v) is 12.5. The van der Waals surface area contributed by atoms with Gasteiger partial charge in [-0.05, 0) is 42.7 Å². The van der Waals surface area contributed by atoms with Crippen LogP contribution in [0.4, 0.5) is 0 Å². The van der Waals surface area contributed by atoms with Crippen molar-refractivity contribution < 1.29 is 33.3 Å². The van der Waals surface area contributed by atoms with Crippen molar-refractivity contribution in [1.82, 2.24) is 5.32 Å². The summed E-state index contributed by atoms with van der Waals surface area (Å²) in [5, 5.41) is 3.27. The SMILES string of the molecule is CCSCCOC(=O)C1=C(C)NC2=C(C(=O)[C@H](C(=O)OC)[C@@H](C)C2)[C@@H]1c1ccc2c(c1)OCO2. The van der Waals surface area contributed by atoms with E-state index in [1.54, 1.807) is 23.9 Å². The zero-order valence-corrected chi connectivity index (χ0v) is 20.6. The third-order valence-corrected chi connectivity index (χ3v) is 7.22. The number of thioether (sulfide) groups is 1. The van der Waals surface area contributed by atoms with Gasteiger partial charge in [-0.15, -0.1) is 0 Å². The summed E-state index contributed by atoms with van der Waals surface area (Å²) >= 11 is 1.68. The van der Waals surface area contributed by atoms with E-state index in [1.165, 1.54) is 7.11 Å². The lowest BCUT2D eigenvalue weighted by molar-refractivity contribution is -0.151. The largest absolute Gasteiger partial charge is 0.468 e. The Morgan fingerprint density at radius 2 is 2.00 bits per heavy atom. The molecule has 0 aromatic heterocycles.